The molecule has 0 aliphatic heterocycles. The van der Waals surface area contributed by atoms with Gasteiger partial charge < -0.3 is 15.4 Å². The maximum Gasteiger partial charge on any atom is 0.224 e. The van der Waals surface area contributed by atoms with Crippen molar-refractivity contribution >= 4 is 17.5 Å². The third kappa shape index (κ3) is 4.76. The molecule has 0 unspecified atom stereocenters. The zero-order valence-corrected chi connectivity index (χ0v) is 15.3. The Bertz CT molecular complexity index is 863. The van der Waals surface area contributed by atoms with Gasteiger partial charge in [-0.1, -0.05) is 49.6 Å². The maximum absolute atomic E-state index is 6.01. The third-order valence-electron chi connectivity index (χ3n) is 4.71. The molecule has 5 heteroatoms. The van der Waals surface area contributed by atoms with Crippen LogP contribution in [0.3, 0.4) is 0 Å². The highest BCUT2D eigenvalue weighted by Crippen LogP contribution is 2.31. The number of rotatable bonds is 6. The summed E-state index contributed by atoms with van der Waals surface area (Å²) in [7, 11) is 0. The summed E-state index contributed by atoms with van der Waals surface area (Å²) in [5.41, 5.74) is 0.865. The Labute approximate surface area is 159 Å². The molecule has 0 atom stereocenters. The van der Waals surface area contributed by atoms with Gasteiger partial charge in [-0.25, -0.2) is 4.98 Å². The smallest absolute Gasteiger partial charge is 0.224 e. The highest BCUT2D eigenvalue weighted by atomic mass is 16.5. The van der Waals surface area contributed by atoms with Gasteiger partial charge >= 0.3 is 0 Å². The van der Waals surface area contributed by atoms with Gasteiger partial charge in [-0.15, -0.1) is 0 Å². The minimum absolute atomic E-state index is 0.475. The number of hydrogen-bond acceptors (Lipinski definition) is 5. The molecular weight excluding hydrogens is 336 g/mol. The Hall–Kier alpha value is -3.08. The van der Waals surface area contributed by atoms with Crippen molar-refractivity contribution in [1.82, 2.24) is 9.97 Å². The lowest BCUT2D eigenvalue weighted by atomic mass is 9.96. The predicted octanol–water partition coefficient (Wildman–Crippen LogP) is 5.76. The molecule has 138 valence electrons. The number of ether oxygens (including phenoxy) is 1. The van der Waals surface area contributed by atoms with Crippen LogP contribution in [0.15, 0.2) is 66.9 Å². The minimum Gasteiger partial charge on any atom is -0.455 e. The first kappa shape index (κ1) is 17.3. The van der Waals surface area contributed by atoms with E-state index in [1.165, 1.54) is 32.1 Å². The van der Waals surface area contributed by atoms with E-state index in [0.29, 0.717) is 12.0 Å². The van der Waals surface area contributed by atoms with E-state index in [4.69, 9.17) is 4.74 Å². The van der Waals surface area contributed by atoms with Gasteiger partial charge in [0.2, 0.25) is 5.95 Å². The SMILES string of the molecule is c1ccc(Oc2ccccc2Nc2ccnc(NC3CCCCC3)n2)cc1. The third-order valence-corrected chi connectivity index (χ3v) is 4.71. The molecule has 0 amide bonds. The number of anilines is 3. The number of nitrogens with one attached hydrogen (secondary N) is 2. The molecule has 27 heavy (non-hydrogen) atoms. The van der Waals surface area contributed by atoms with Crippen LogP contribution in [-0.4, -0.2) is 16.0 Å². The topological polar surface area (TPSA) is 59.1 Å². The van der Waals surface area contributed by atoms with Crippen molar-refractivity contribution in [3.8, 4) is 11.5 Å². The average Bonchev–Trinajstić information content (AvgIpc) is 2.71. The van der Waals surface area contributed by atoms with Gasteiger partial charge in [0.15, 0.2) is 5.75 Å². The van der Waals surface area contributed by atoms with E-state index in [1.54, 1.807) is 6.20 Å². The van der Waals surface area contributed by atoms with Crippen LogP contribution in [0.1, 0.15) is 32.1 Å². The molecule has 1 aliphatic rings. The van der Waals surface area contributed by atoms with Gasteiger partial charge in [-0.2, -0.15) is 4.98 Å². The van der Waals surface area contributed by atoms with Crippen LogP contribution in [-0.2, 0) is 0 Å². The van der Waals surface area contributed by atoms with Crippen LogP contribution in [0.4, 0.5) is 17.5 Å². The fourth-order valence-corrected chi connectivity index (χ4v) is 3.34. The number of benzene rings is 2. The van der Waals surface area contributed by atoms with Gasteiger partial charge in [0, 0.05) is 12.2 Å². The van der Waals surface area contributed by atoms with E-state index in [2.05, 4.69) is 20.6 Å². The molecule has 2 aromatic carbocycles. The molecule has 1 fully saturated rings. The second kappa shape index (κ2) is 8.54. The zero-order valence-electron chi connectivity index (χ0n) is 15.3. The van der Waals surface area contributed by atoms with E-state index in [-0.39, 0.29) is 0 Å². The van der Waals surface area contributed by atoms with Crippen molar-refractivity contribution in [2.24, 2.45) is 0 Å². The van der Waals surface area contributed by atoms with Crippen molar-refractivity contribution in [3.63, 3.8) is 0 Å². The first-order valence-electron chi connectivity index (χ1n) is 9.55. The van der Waals surface area contributed by atoms with Gasteiger partial charge in [0.25, 0.3) is 0 Å². The summed E-state index contributed by atoms with van der Waals surface area (Å²) in [6.45, 7) is 0. The van der Waals surface area contributed by atoms with Crippen LogP contribution in [0.25, 0.3) is 0 Å². The summed E-state index contributed by atoms with van der Waals surface area (Å²) >= 11 is 0. The molecule has 0 saturated heterocycles. The van der Waals surface area contributed by atoms with Crippen molar-refractivity contribution < 1.29 is 4.74 Å². The van der Waals surface area contributed by atoms with Crippen molar-refractivity contribution in [1.29, 1.82) is 0 Å². The molecular formula is C22H24N4O. The van der Waals surface area contributed by atoms with Crippen LogP contribution < -0.4 is 15.4 Å². The second-order valence-corrected chi connectivity index (χ2v) is 6.78. The Morgan fingerprint density at radius 1 is 0.852 bits per heavy atom. The Morgan fingerprint density at radius 3 is 2.48 bits per heavy atom. The first-order chi connectivity index (χ1) is 13.4. The number of hydrogen-bond donors (Lipinski definition) is 2. The van der Waals surface area contributed by atoms with Crippen LogP contribution in [0, 0.1) is 0 Å². The summed E-state index contributed by atoms with van der Waals surface area (Å²) in [6.07, 6.45) is 8.04. The van der Waals surface area contributed by atoms with E-state index < -0.39 is 0 Å². The highest BCUT2D eigenvalue weighted by Gasteiger charge is 2.14. The normalized spacial score (nSPS) is 14.5. The van der Waals surface area contributed by atoms with E-state index in [9.17, 15) is 0 Å². The monoisotopic (exact) mass is 360 g/mol. The van der Waals surface area contributed by atoms with Gasteiger partial charge in [-0.3, -0.25) is 0 Å². The quantitative estimate of drug-likeness (QED) is 0.585. The molecule has 2 N–H and O–H groups in total. The minimum atomic E-state index is 0.475. The standard InChI is InChI=1S/C22H24N4O/c1-3-9-17(10-4-1)24-22-23-16-15-21(26-22)25-19-13-7-8-14-20(19)27-18-11-5-2-6-12-18/h2,5-8,11-17H,1,3-4,9-10H2,(H2,23,24,25,26). The average molecular weight is 360 g/mol. The summed E-state index contributed by atoms with van der Waals surface area (Å²) in [6, 6.07) is 20.0. The van der Waals surface area contributed by atoms with Gasteiger partial charge in [-0.05, 0) is 43.2 Å². The second-order valence-electron chi connectivity index (χ2n) is 6.78. The van der Waals surface area contributed by atoms with E-state index >= 15 is 0 Å². The summed E-state index contributed by atoms with van der Waals surface area (Å²) in [5.74, 6) is 2.97. The molecule has 1 saturated carbocycles. The molecule has 0 bridgehead atoms. The van der Waals surface area contributed by atoms with Gasteiger partial charge in [0.05, 0.1) is 5.69 Å². The number of nitrogens with zero attached hydrogens (tertiary/aromatic N) is 2. The Morgan fingerprint density at radius 2 is 1.63 bits per heavy atom. The van der Waals surface area contributed by atoms with Crippen LogP contribution in [0.2, 0.25) is 0 Å². The lowest BCUT2D eigenvalue weighted by Crippen LogP contribution is -2.23. The van der Waals surface area contributed by atoms with Crippen molar-refractivity contribution in [2.75, 3.05) is 10.6 Å². The fourth-order valence-electron chi connectivity index (χ4n) is 3.34. The molecule has 1 heterocycles. The molecule has 0 spiro atoms. The molecule has 1 aliphatic carbocycles. The lowest BCUT2D eigenvalue weighted by molar-refractivity contribution is 0.461. The zero-order chi connectivity index (χ0) is 18.3. The molecule has 4 rings (SSSR count). The molecule has 5 nitrogen and oxygen atoms in total. The highest BCUT2D eigenvalue weighted by molar-refractivity contribution is 5.65. The molecule has 1 aromatic heterocycles. The summed E-state index contributed by atoms with van der Waals surface area (Å²) in [4.78, 5) is 8.99. The van der Waals surface area contributed by atoms with Crippen LogP contribution in [0.5, 0.6) is 11.5 Å². The summed E-state index contributed by atoms with van der Waals surface area (Å²) < 4.78 is 6.01. The van der Waals surface area contributed by atoms with Crippen LogP contribution >= 0.6 is 0 Å². The first-order valence-corrected chi connectivity index (χ1v) is 9.55. The number of para-hydroxylation sites is 3. The maximum atomic E-state index is 6.01. The largest absolute Gasteiger partial charge is 0.455 e. The van der Waals surface area contributed by atoms with Gasteiger partial charge in [0.1, 0.15) is 11.6 Å². The summed E-state index contributed by atoms with van der Waals surface area (Å²) in [5, 5.41) is 6.82. The molecule has 3 aromatic rings. The Kier molecular flexibility index (Phi) is 5.48. The molecule has 0 radical (unpaired) electrons. The fraction of sp³-hybridized carbons (Fsp3) is 0.273. The Balaban J connectivity index is 1.48. The van der Waals surface area contributed by atoms with E-state index in [1.807, 2.05) is 60.7 Å². The van der Waals surface area contributed by atoms with Crippen molar-refractivity contribution in [2.45, 2.75) is 38.1 Å². The lowest BCUT2D eigenvalue weighted by Gasteiger charge is -2.22. The van der Waals surface area contributed by atoms with Crippen molar-refractivity contribution in [3.05, 3.63) is 66.9 Å². The van der Waals surface area contributed by atoms with E-state index in [0.717, 1.165) is 23.0 Å². The number of aromatic nitrogens is 2. The predicted molar refractivity (Wildman–Crippen MR) is 109 cm³/mol.